The molecule has 0 fully saturated rings. The second-order valence-electron chi connectivity index (χ2n) is 7.40. The molecule has 2 aromatic rings. The van der Waals surface area contributed by atoms with E-state index in [9.17, 15) is 13.5 Å². The molecule has 0 heterocycles. The van der Waals surface area contributed by atoms with Crippen molar-refractivity contribution in [1.82, 2.24) is 0 Å². The van der Waals surface area contributed by atoms with E-state index < -0.39 is 10.1 Å². The van der Waals surface area contributed by atoms with Crippen molar-refractivity contribution in [2.24, 2.45) is 0 Å². The molecule has 0 aliphatic carbocycles. The van der Waals surface area contributed by atoms with Gasteiger partial charge in [0.1, 0.15) is 11.5 Å². The molecule has 0 spiro atoms. The number of aryl methyl sites for hydroxylation is 1. The van der Waals surface area contributed by atoms with Gasteiger partial charge in [0, 0.05) is 0 Å². The number of benzene rings is 2. The molecular formula is C23H31NaO5S. The number of hydrogen-bond acceptors (Lipinski definition) is 4. The third-order valence-corrected chi connectivity index (χ3v) is 5.81. The molecular weight excluding hydrogens is 411 g/mol. The molecule has 0 saturated heterocycles. The van der Waals surface area contributed by atoms with E-state index in [1.807, 2.05) is 0 Å². The summed E-state index contributed by atoms with van der Waals surface area (Å²) >= 11 is 0. The Morgan fingerprint density at radius 3 is 2.00 bits per heavy atom. The first kappa shape index (κ1) is 27.0. The summed E-state index contributed by atoms with van der Waals surface area (Å²) in [6.07, 6.45) is 12.1. The van der Waals surface area contributed by atoms with Crippen LogP contribution in [0.5, 0.6) is 17.2 Å². The van der Waals surface area contributed by atoms with Gasteiger partial charge in [-0.3, -0.25) is 4.55 Å². The van der Waals surface area contributed by atoms with Gasteiger partial charge in [-0.25, -0.2) is 0 Å². The number of rotatable bonds is 13. The van der Waals surface area contributed by atoms with Crippen LogP contribution < -0.4 is 39.4 Å². The molecule has 160 valence electrons. The van der Waals surface area contributed by atoms with E-state index in [0.717, 1.165) is 24.8 Å². The zero-order valence-electron chi connectivity index (χ0n) is 18.1. The van der Waals surface area contributed by atoms with Crippen LogP contribution in [0.15, 0.2) is 47.4 Å². The Balaban J connectivity index is 0.00000450. The van der Waals surface area contributed by atoms with Gasteiger partial charge >= 0.3 is 29.6 Å². The van der Waals surface area contributed by atoms with E-state index in [2.05, 4.69) is 6.92 Å². The Labute approximate surface area is 202 Å². The van der Waals surface area contributed by atoms with Crippen molar-refractivity contribution >= 4 is 10.1 Å². The van der Waals surface area contributed by atoms with Crippen molar-refractivity contribution in [2.45, 2.75) is 76.0 Å². The van der Waals surface area contributed by atoms with Crippen LogP contribution in [0, 0.1) is 0 Å². The van der Waals surface area contributed by atoms with Crippen molar-refractivity contribution < 1.29 is 52.4 Å². The fourth-order valence-corrected chi connectivity index (χ4v) is 3.75. The van der Waals surface area contributed by atoms with Crippen LogP contribution in [0.3, 0.4) is 0 Å². The fraction of sp³-hybridized carbons (Fsp3) is 0.478. The van der Waals surface area contributed by atoms with Crippen LogP contribution in [0.25, 0.3) is 0 Å². The van der Waals surface area contributed by atoms with Gasteiger partial charge in [-0.1, -0.05) is 70.4 Å². The van der Waals surface area contributed by atoms with Crippen molar-refractivity contribution in [2.75, 3.05) is 0 Å². The number of unbranched alkanes of at least 4 members (excludes halogenated alkanes) is 8. The molecule has 30 heavy (non-hydrogen) atoms. The largest absolute Gasteiger partial charge is 1.00 e. The first-order valence-electron chi connectivity index (χ1n) is 10.5. The van der Waals surface area contributed by atoms with E-state index >= 15 is 0 Å². The topological polar surface area (TPSA) is 86.7 Å². The first-order chi connectivity index (χ1) is 13.9. The molecule has 0 amide bonds. The van der Waals surface area contributed by atoms with Crippen LogP contribution in [-0.4, -0.2) is 13.0 Å². The summed E-state index contributed by atoms with van der Waals surface area (Å²) in [4.78, 5) is -0.197. The smallest absolute Gasteiger partial charge is 0.872 e. The molecule has 0 radical (unpaired) electrons. The maximum Gasteiger partial charge on any atom is 1.00 e. The third-order valence-electron chi connectivity index (χ3n) is 4.94. The Hall–Kier alpha value is -1.05. The molecule has 0 saturated carbocycles. The zero-order valence-corrected chi connectivity index (χ0v) is 20.9. The van der Waals surface area contributed by atoms with Gasteiger partial charge in [-0.05, 0) is 48.7 Å². The minimum Gasteiger partial charge on any atom is -0.872 e. The summed E-state index contributed by atoms with van der Waals surface area (Å²) in [6.45, 7) is 2.23. The molecule has 2 aromatic carbocycles. The predicted molar refractivity (Wildman–Crippen MR) is 113 cm³/mol. The average Bonchev–Trinajstić information content (AvgIpc) is 2.68. The SMILES string of the molecule is CCCCCCCCCCCc1ccc([O-])cc1Oc1ccc(S(=O)(=O)O)cc1.[Na+]. The van der Waals surface area contributed by atoms with E-state index in [1.165, 1.54) is 81.3 Å². The second-order valence-corrected chi connectivity index (χ2v) is 8.82. The first-order valence-corrected chi connectivity index (χ1v) is 11.9. The van der Waals surface area contributed by atoms with Crippen molar-refractivity contribution in [1.29, 1.82) is 0 Å². The van der Waals surface area contributed by atoms with Gasteiger partial charge in [-0.2, -0.15) is 8.42 Å². The van der Waals surface area contributed by atoms with Crippen molar-refractivity contribution in [3.8, 4) is 17.2 Å². The molecule has 0 unspecified atom stereocenters. The maximum absolute atomic E-state index is 11.7. The molecule has 0 aliphatic rings. The number of hydrogen-bond donors (Lipinski definition) is 1. The zero-order chi connectivity index (χ0) is 21.1. The maximum atomic E-state index is 11.7. The summed E-state index contributed by atoms with van der Waals surface area (Å²) in [6, 6.07) is 10.3. The van der Waals surface area contributed by atoms with Gasteiger partial charge in [0.25, 0.3) is 10.1 Å². The van der Waals surface area contributed by atoms with Gasteiger partial charge in [0.05, 0.1) is 4.90 Å². The fourth-order valence-electron chi connectivity index (χ4n) is 3.27. The Bertz CT molecular complexity index is 850. The van der Waals surface area contributed by atoms with Crippen LogP contribution in [0.1, 0.15) is 70.3 Å². The Kier molecular flexibility index (Phi) is 12.7. The second kappa shape index (κ2) is 14.1. The molecule has 0 atom stereocenters. The number of ether oxygens (including phenoxy) is 1. The molecule has 7 heteroatoms. The van der Waals surface area contributed by atoms with Crippen LogP contribution in [0.4, 0.5) is 0 Å². The molecule has 5 nitrogen and oxygen atoms in total. The van der Waals surface area contributed by atoms with Crippen molar-refractivity contribution in [3.05, 3.63) is 48.0 Å². The summed E-state index contributed by atoms with van der Waals surface area (Å²) in [5.74, 6) is 0.776. The predicted octanol–water partition coefficient (Wildman–Crippen LogP) is 2.88. The van der Waals surface area contributed by atoms with Crippen molar-refractivity contribution in [3.63, 3.8) is 0 Å². The monoisotopic (exact) mass is 442 g/mol. The van der Waals surface area contributed by atoms with Crippen LogP contribution in [-0.2, 0) is 16.5 Å². The van der Waals surface area contributed by atoms with Gasteiger partial charge in [0.2, 0.25) is 0 Å². The van der Waals surface area contributed by atoms with Crippen LogP contribution in [0.2, 0.25) is 0 Å². The van der Waals surface area contributed by atoms with E-state index in [1.54, 1.807) is 6.07 Å². The van der Waals surface area contributed by atoms with Gasteiger partial charge in [-0.15, -0.1) is 5.75 Å². The van der Waals surface area contributed by atoms with Crippen LogP contribution >= 0.6 is 0 Å². The van der Waals surface area contributed by atoms with Gasteiger partial charge < -0.3 is 9.84 Å². The van der Waals surface area contributed by atoms with Gasteiger partial charge in [0.15, 0.2) is 0 Å². The summed E-state index contributed by atoms with van der Waals surface area (Å²) in [7, 11) is -4.24. The minimum atomic E-state index is -4.24. The normalized spacial score (nSPS) is 11.1. The summed E-state index contributed by atoms with van der Waals surface area (Å²) in [5.41, 5.74) is 0.964. The minimum absolute atomic E-state index is 0. The molecule has 1 N–H and O–H groups in total. The summed E-state index contributed by atoms with van der Waals surface area (Å²) in [5, 5.41) is 11.7. The quantitative estimate of drug-likeness (QED) is 0.293. The summed E-state index contributed by atoms with van der Waals surface area (Å²) < 4.78 is 37.1. The standard InChI is InChI=1S/C23H32O5S.Na/c1-2-3-4-5-6-7-8-9-10-11-19-12-13-20(24)18-23(19)28-21-14-16-22(17-15-21)29(25,26)27;/h12-18,24H,2-11H2,1H3,(H,25,26,27);/q;+1/p-1. The molecule has 0 aromatic heterocycles. The third kappa shape index (κ3) is 9.84. The molecule has 2 rings (SSSR count). The Morgan fingerprint density at radius 1 is 0.867 bits per heavy atom. The van der Waals surface area contributed by atoms with E-state index in [4.69, 9.17) is 9.29 Å². The molecule has 0 bridgehead atoms. The molecule has 0 aliphatic heterocycles. The Morgan fingerprint density at radius 2 is 1.43 bits per heavy atom. The van der Waals surface area contributed by atoms with E-state index in [-0.39, 0.29) is 40.2 Å². The van der Waals surface area contributed by atoms with E-state index in [0.29, 0.717) is 11.5 Å². The average molecular weight is 443 g/mol.